The van der Waals surface area contributed by atoms with Crippen LogP contribution in [0.2, 0.25) is 5.02 Å². The van der Waals surface area contributed by atoms with E-state index in [4.69, 9.17) is 11.6 Å². The molecule has 0 radical (unpaired) electrons. The molecular formula is C29H24ClN3O4. The molecule has 0 aromatic heterocycles. The van der Waals surface area contributed by atoms with E-state index in [0.717, 1.165) is 0 Å². The SMILES string of the molecule is O=C(O)[C@@H]1[C@H]2CC[C@@H](CN1C(=O)N(c1ccccc1)c1ccccc1)N2C(=O)C#Cc1ccc(Cl)cc1. The molecule has 2 saturated heterocycles. The zero-order valence-electron chi connectivity index (χ0n) is 19.8. The van der Waals surface area contributed by atoms with Crippen molar-refractivity contribution in [1.82, 2.24) is 9.80 Å². The van der Waals surface area contributed by atoms with E-state index in [1.165, 1.54) is 9.80 Å². The Hall–Kier alpha value is -4.28. The molecule has 3 aromatic carbocycles. The maximum atomic E-state index is 14.0. The summed E-state index contributed by atoms with van der Waals surface area (Å²) >= 11 is 5.91. The lowest BCUT2D eigenvalue weighted by molar-refractivity contribution is -0.149. The number of carbonyl (C=O) groups excluding carboxylic acids is 2. The van der Waals surface area contributed by atoms with E-state index < -0.39 is 30.0 Å². The van der Waals surface area contributed by atoms with Crippen molar-refractivity contribution in [2.24, 2.45) is 0 Å². The molecule has 37 heavy (non-hydrogen) atoms. The van der Waals surface area contributed by atoms with Crippen LogP contribution in [0.4, 0.5) is 16.2 Å². The molecule has 0 aliphatic carbocycles. The summed E-state index contributed by atoms with van der Waals surface area (Å²) in [6.07, 6.45) is 1.08. The van der Waals surface area contributed by atoms with E-state index >= 15 is 0 Å². The molecule has 2 fully saturated rings. The van der Waals surface area contributed by atoms with Gasteiger partial charge in [-0.05, 0) is 61.4 Å². The van der Waals surface area contributed by atoms with Crippen LogP contribution >= 0.6 is 11.6 Å². The molecular weight excluding hydrogens is 490 g/mol. The van der Waals surface area contributed by atoms with Crippen molar-refractivity contribution in [1.29, 1.82) is 0 Å². The summed E-state index contributed by atoms with van der Waals surface area (Å²) in [5.41, 5.74) is 1.89. The number of aliphatic carboxylic acids is 1. The number of anilines is 2. The number of rotatable bonds is 3. The number of para-hydroxylation sites is 2. The van der Waals surface area contributed by atoms with E-state index in [-0.39, 0.29) is 12.6 Å². The number of fused-ring (bicyclic) bond motifs is 2. The van der Waals surface area contributed by atoms with Gasteiger partial charge in [0.2, 0.25) is 0 Å². The Morgan fingerprint density at radius 1 is 0.865 bits per heavy atom. The highest BCUT2D eigenvalue weighted by Crippen LogP contribution is 2.37. The van der Waals surface area contributed by atoms with Crippen LogP contribution in [0.25, 0.3) is 0 Å². The summed E-state index contributed by atoms with van der Waals surface area (Å²) in [6.45, 7) is 0.108. The molecule has 2 aliphatic heterocycles. The molecule has 2 bridgehead atoms. The highest BCUT2D eigenvalue weighted by molar-refractivity contribution is 6.30. The van der Waals surface area contributed by atoms with Gasteiger partial charge in [0.05, 0.1) is 23.5 Å². The highest BCUT2D eigenvalue weighted by Gasteiger charge is 2.53. The normalized spacial score (nSPS) is 20.1. The van der Waals surface area contributed by atoms with Crippen LogP contribution in [0.15, 0.2) is 84.9 Å². The number of likely N-dealkylation sites (tertiary alicyclic amines) is 1. The summed E-state index contributed by atoms with van der Waals surface area (Å²) < 4.78 is 0. The lowest BCUT2D eigenvalue weighted by Gasteiger charge is -2.45. The van der Waals surface area contributed by atoms with Crippen molar-refractivity contribution in [2.75, 3.05) is 11.4 Å². The lowest BCUT2D eigenvalue weighted by Crippen LogP contribution is -2.66. The summed E-state index contributed by atoms with van der Waals surface area (Å²) in [5, 5.41) is 10.8. The number of urea groups is 1. The number of nitrogens with zero attached hydrogens (tertiary/aromatic N) is 3. The molecule has 0 saturated carbocycles. The molecule has 186 valence electrons. The Morgan fingerprint density at radius 2 is 1.46 bits per heavy atom. The summed E-state index contributed by atoms with van der Waals surface area (Å²) in [4.78, 5) is 44.1. The zero-order chi connectivity index (χ0) is 25.9. The van der Waals surface area contributed by atoms with Gasteiger partial charge < -0.3 is 14.9 Å². The molecule has 8 heteroatoms. The van der Waals surface area contributed by atoms with Crippen molar-refractivity contribution in [3.8, 4) is 11.8 Å². The third-order valence-electron chi connectivity index (χ3n) is 6.77. The summed E-state index contributed by atoms with van der Waals surface area (Å²) in [5.74, 6) is 3.90. The average Bonchev–Trinajstić information content (AvgIpc) is 3.22. The van der Waals surface area contributed by atoms with Crippen molar-refractivity contribution in [2.45, 2.75) is 31.0 Å². The number of carbonyl (C=O) groups is 3. The van der Waals surface area contributed by atoms with Gasteiger partial charge in [0, 0.05) is 23.1 Å². The zero-order valence-corrected chi connectivity index (χ0v) is 20.6. The molecule has 0 spiro atoms. The molecule has 0 unspecified atom stereocenters. The van der Waals surface area contributed by atoms with Crippen LogP contribution in [0.5, 0.6) is 0 Å². The van der Waals surface area contributed by atoms with Gasteiger partial charge in [0.25, 0.3) is 5.91 Å². The first-order chi connectivity index (χ1) is 17.9. The number of hydrogen-bond acceptors (Lipinski definition) is 3. The molecule has 3 amide bonds. The Morgan fingerprint density at radius 3 is 2.03 bits per heavy atom. The van der Waals surface area contributed by atoms with Crippen LogP contribution in [-0.2, 0) is 9.59 Å². The van der Waals surface area contributed by atoms with Gasteiger partial charge in [-0.3, -0.25) is 9.69 Å². The second kappa shape index (κ2) is 10.4. The number of carboxylic acids is 1. The topological polar surface area (TPSA) is 81.2 Å². The third kappa shape index (κ3) is 4.89. The monoisotopic (exact) mass is 513 g/mol. The smallest absolute Gasteiger partial charge is 0.329 e. The van der Waals surface area contributed by atoms with E-state index in [2.05, 4.69) is 11.8 Å². The van der Waals surface area contributed by atoms with E-state index in [1.54, 1.807) is 53.4 Å². The van der Waals surface area contributed by atoms with Gasteiger partial charge >= 0.3 is 12.0 Å². The second-order valence-electron chi connectivity index (χ2n) is 8.99. The molecule has 5 rings (SSSR count). The fourth-order valence-corrected chi connectivity index (χ4v) is 5.26. The highest BCUT2D eigenvalue weighted by atomic mass is 35.5. The Balaban J connectivity index is 1.45. The predicted octanol–water partition coefficient (Wildman–Crippen LogP) is 4.78. The summed E-state index contributed by atoms with van der Waals surface area (Å²) in [7, 11) is 0. The molecule has 2 aliphatic rings. The van der Waals surface area contributed by atoms with Crippen molar-refractivity contribution >= 4 is 40.9 Å². The van der Waals surface area contributed by atoms with E-state index in [1.807, 2.05) is 36.4 Å². The largest absolute Gasteiger partial charge is 0.480 e. The molecule has 7 nitrogen and oxygen atoms in total. The Labute approximate surface area is 219 Å². The van der Waals surface area contributed by atoms with Crippen LogP contribution < -0.4 is 4.90 Å². The first-order valence-corrected chi connectivity index (χ1v) is 12.4. The minimum Gasteiger partial charge on any atom is -0.480 e. The Kier molecular flexibility index (Phi) is 6.85. The minimum atomic E-state index is -1.19. The molecule has 3 atom stereocenters. The van der Waals surface area contributed by atoms with Gasteiger partial charge in [-0.25, -0.2) is 9.59 Å². The van der Waals surface area contributed by atoms with Gasteiger partial charge in [-0.1, -0.05) is 53.9 Å². The fraction of sp³-hybridized carbons (Fsp3) is 0.207. The number of amides is 3. The van der Waals surface area contributed by atoms with Gasteiger partial charge in [-0.2, -0.15) is 0 Å². The molecule has 1 N–H and O–H groups in total. The maximum Gasteiger partial charge on any atom is 0.329 e. The van der Waals surface area contributed by atoms with Crippen LogP contribution in [-0.4, -0.2) is 57.5 Å². The Bertz CT molecular complexity index is 1330. The fourth-order valence-electron chi connectivity index (χ4n) is 5.14. The first kappa shape index (κ1) is 24.4. The van der Waals surface area contributed by atoms with Gasteiger partial charge in [0.1, 0.15) is 0 Å². The van der Waals surface area contributed by atoms with Gasteiger partial charge in [-0.15, -0.1) is 0 Å². The maximum absolute atomic E-state index is 14.0. The van der Waals surface area contributed by atoms with Gasteiger partial charge in [0.15, 0.2) is 6.04 Å². The number of halogens is 1. The average molecular weight is 514 g/mol. The standard InChI is InChI=1S/C29H24ClN3O4/c30-21-14-11-20(12-15-21)13-18-26(34)33-24-16-17-25(33)27(28(35)36)31(19-24)29(37)32(22-7-3-1-4-8-22)23-9-5-2-6-10-23/h1-12,14-15,24-25,27H,16-17,19H2,(H,35,36)/t24-,25+,27-/m0/s1. The van der Waals surface area contributed by atoms with E-state index in [9.17, 15) is 19.5 Å². The number of carboxylic acid groups (broad SMARTS) is 1. The minimum absolute atomic E-state index is 0.108. The second-order valence-corrected chi connectivity index (χ2v) is 9.43. The number of hydrogen-bond donors (Lipinski definition) is 1. The third-order valence-corrected chi connectivity index (χ3v) is 7.02. The quantitative estimate of drug-likeness (QED) is 0.511. The van der Waals surface area contributed by atoms with Crippen LogP contribution in [0, 0.1) is 11.8 Å². The number of benzene rings is 3. The first-order valence-electron chi connectivity index (χ1n) is 12.0. The van der Waals surface area contributed by atoms with Crippen molar-refractivity contribution in [3.63, 3.8) is 0 Å². The van der Waals surface area contributed by atoms with E-state index in [0.29, 0.717) is 34.8 Å². The molecule has 3 aromatic rings. The lowest BCUT2D eigenvalue weighted by atomic mass is 10.0. The van der Waals surface area contributed by atoms with Crippen molar-refractivity contribution in [3.05, 3.63) is 95.5 Å². The predicted molar refractivity (Wildman–Crippen MR) is 141 cm³/mol. The van der Waals surface area contributed by atoms with Crippen LogP contribution in [0.1, 0.15) is 18.4 Å². The number of piperazine rings is 1. The summed E-state index contributed by atoms with van der Waals surface area (Å²) in [6, 6.07) is 22.4. The molecule has 2 heterocycles. The van der Waals surface area contributed by atoms with Crippen LogP contribution in [0.3, 0.4) is 0 Å². The van der Waals surface area contributed by atoms with Crippen molar-refractivity contribution < 1.29 is 19.5 Å².